The van der Waals surface area contributed by atoms with Crippen LogP contribution in [-0.2, 0) is 0 Å². The molecule has 0 aliphatic carbocycles. The Kier molecular flexibility index (Phi) is 6.03. The van der Waals surface area contributed by atoms with Crippen molar-refractivity contribution in [1.82, 2.24) is 0 Å². The van der Waals surface area contributed by atoms with E-state index in [1.165, 1.54) is 14.2 Å². The van der Waals surface area contributed by atoms with E-state index in [-0.39, 0.29) is 6.61 Å². The monoisotopic (exact) mass is 332 g/mol. The normalized spacial score (nSPS) is 11.5. The fourth-order valence-electron chi connectivity index (χ4n) is 2.21. The van der Waals surface area contributed by atoms with Gasteiger partial charge in [0, 0.05) is 6.07 Å². The zero-order valence-corrected chi connectivity index (χ0v) is 13.8. The molecule has 6 nitrogen and oxygen atoms in total. The molecular formula is C18H20O6. The summed E-state index contributed by atoms with van der Waals surface area (Å²) in [7, 11) is 4.56. The lowest BCUT2D eigenvalue weighted by molar-refractivity contribution is 0.107. The van der Waals surface area contributed by atoms with E-state index in [0.717, 1.165) is 0 Å². The third kappa shape index (κ3) is 3.97. The molecule has 0 amide bonds. The molecule has 0 spiro atoms. The average molecular weight is 332 g/mol. The molecule has 0 radical (unpaired) electrons. The van der Waals surface area contributed by atoms with Gasteiger partial charge in [-0.3, -0.25) is 4.79 Å². The number of methoxy groups -OCH3 is 3. The minimum atomic E-state index is -0.846. The number of hydrogen-bond acceptors (Lipinski definition) is 6. The molecule has 0 saturated heterocycles. The van der Waals surface area contributed by atoms with Crippen molar-refractivity contribution in [3.05, 3.63) is 47.5 Å². The summed E-state index contributed by atoms with van der Waals surface area (Å²) in [5.74, 6) is 2.04. The van der Waals surface area contributed by atoms with Gasteiger partial charge in [0.1, 0.15) is 24.2 Å². The molecule has 0 aromatic heterocycles. The van der Waals surface area contributed by atoms with Crippen LogP contribution < -0.4 is 18.9 Å². The van der Waals surface area contributed by atoms with Gasteiger partial charge in [-0.15, -0.1) is 0 Å². The highest BCUT2D eigenvalue weighted by atomic mass is 16.5. The van der Waals surface area contributed by atoms with Crippen molar-refractivity contribution in [1.29, 1.82) is 0 Å². The minimum Gasteiger partial charge on any atom is -0.496 e. The van der Waals surface area contributed by atoms with Crippen LogP contribution >= 0.6 is 0 Å². The molecule has 0 aliphatic heterocycles. The van der Waals surface area contributed by atoms with E-state index >= 15 is 0 Å². The summed E-state index contributed by atoms with van der Waals surface area (Å²) in [4.78, 5) is 10.9. The Labute approximate surface area is 140 Å². The third-order valence-electron chi connectivity index (χ3n) is 3.53. The largest absolute Gasteiger partial charge is 0.496 e. The first-order valence-electron chi connectivity index (χ1n) is 7.29. The van der Waals surface area contributed by atoms with Crippen molar-refractivity contribution < 1.29 is 28.8 Å². The molecule has 0 bridgehead atoms. The molecule has 2 aromatic rings. The molecule has 1 unspecified atom stereocenters. The number of benzene rings is 2. The lowest BCUT2D eigenvalue weighted by Gasteiger charge is -2.15. The maximum Gasteiger partial charge on any atom is 0.161 e. The summed E-state index contributed by atoms with van der Waals surface area (Å²) in [5.41, 5.74) is 1.08. The first-order valence-corrected chi connectivity index (χ1v) is 7.29. The van der Waals surface area contributed by atoms with E-state index in [0.29, 0.717) is 40.4 Å². The van der Waals surface area contributed by atoms with Gasteiger partial charge in [0.2, 0.25) is 0 Å². The fraction of sp³-hybridized carbons (Fsp3) is 0.278. The van der Waals surface area contributed by atoms with Crippen LogP contribution in [-0.4, -0.2) is 39.3 Å². The number of aldehydes is 1. The Balaban J connectivity index is 2.07. The number of carbonyl (C=O) groups excluding carboxylic acids is 1. The number of aliphatic hydroxyl groups excluding tert-OH is 1. The van der Waals surface area contributed by atoms with E-state index in [2.05, 4.69) is 0 Å². The molecule has 2 aromatic carbocycles. The molecule has 0 aliphatic rings. The first-order chi connectivity index (χ1) is 11.6. The molecular weight excluding hydrogens is 312 g/mol. The number of rotatable bonds is 8. The van der Waals surface area contributed by atoms with Crippen LogP contribution in [0.5, 0.6) is 23.0 Å². The fourth-order valence-corrected chi connectivity index (χ4v) is 2.21. The highest BCUT2D eigenvalue weighted by molar-refractivity contribution is 5.79. The Morgan fingerprint density at radius 1 is 0.958 bits per heavy atom. The topological polar surface area (TPSA) is 74.2 Å². The number of hydrogen-bond donors (Lipinski definition) is 1. The summed E-state index contributed by atoms with van der Waals surface area (Å²) in [5, 5.41) is 10.3. The minimum absolute atomic E-state index is 0.0407. The van der Waals surface area contributed by atoms with Crippen LogP contribution in [0.4, 0.5) is 0 Å². The maximum absolute atomic E-state index is 10.9. The second-order valence-corrected chi connectivity index (χ2v) is 4.96. The predicted octanol–water partition coefficient (Wildman–Crippen LogP) is 2.64. The van der Waals surface area contributed by atoms with Gasteiger partial charge < -0.3 is 24.1 Å². The van der Waals surface area contributed by atoms with Gasteiger partial charge in [-0.25, -0.2) is 0 Å². The smallest absolute Gasteiger partial charge is 0.161 e. The van der Waals surface area contributed by atoms with Crippen molar-refractivity contribution in [2.75, 3.05) is 27.9 Å². The second kappa shape index (κ2) is 8.21. The van der Waals surface area contributed by atoms with Gasteiger partial charge in [0.15, 0.2) is 17.8 Å². The van der Waals surface area contributed by atoms with Crippen molar-refractivity contribution >= 4 is 6.29 Å². The molecule has 0 fully saturated rings. The van der Waals surface area contributed by atoms with E-state index in [1.807, 2.05) is 0 Å². The van der Waals surface area contributed by atoms with Crippen molar-refractivity contribution in [2.45, 2.75) is 6.10 Å². The van der Waals surface area contributed by atoms with Gasteiger partial charge in [0.25, 0.3) is 0 Å². The number of ether oxygens (including phenoxy) is 4. The van der Waals surface area contributed by atoms with Gasteiger partial charge in [-0.2, -0.15) is 0 Å². The molecule has 128 valence electrons. The highest BCUT2D eigenvalue weighted by Gasteiger charge is 2.13. The van der Waals surface area contributed by atoms with Crippen molar-refractivity contribution in [3.63, 3.8) is 0 Å². The van der Waals surface area contributed by atoms with E-state index in [9.17, 15) is 9.90 Å². The second-order valence-electron chi connectivity index (χ2n) is 4.96. The highest BCUT2D eigenvalue weighted by Crippen LogP contribution is 2.30. The Bertz CT molecular complexity index is 698. The summed E-state index contributed by atoms with van der Waals surface area (Å²) >= 11 is 0. The molecule has 1 N–H and O–H groups in total. The quantitative estimate of drug-likeness (QED) is 0.749. The number of carbonyl (C=O) groups is 1. The molecule has 24 heavy (non-hydrogen) atoms. The summed E-state index contributed by atoms with van der Waals surface area (Å²) in [6, 6.07) is 10.0. The third-order valence-corrected chi connectivity index (χ3v) is 3.53. The Morgan fingerprint density at radius 3 is 2.29 bits per heavy atom. The van der Waals surface area contributed by atoms with Crippen molar-refractivity contribution in [2.24, 2.45) is 0 Å². The van der Waals surface area contributed by atoms with E-state index in [1.54, 1.807) is 43.5 Å². The average Bonchev–Trinajstić information content (AvgIpc) is 2.64. The molecule has 0 heterocycles. The zero-order chi connectivity index (χ0) is 17.5. The lowest BCUT2D eigenvalue weighted by Crippen LogP contribution is -2.10. The summed E-state index contributed by atoms with van der Waals surface area (Å²) in [6.45, 7) is 0.0407. The van der Waals surface area contributed by atoms with Gasteiger partial charge in [-0.05, 0) is 29.8 Å². The maximum atomic E-state index is 10.9. The molecule has 1 atom stereocenters. The SMILES string of the molecule is COc1cc(OCC(O)c2ccc(OC)c(OC)c2)ccc1C=O. The first kappa shape index (κ1) is 17.6. The van der Waals surface area contributed by atoms with Crippen molar-refractivity contribution in [3.8, 4) is 23.0 Å². The van der Waals surface area contributed by atoms with E-state index < -0.39 is 6.10 Å². The van der Waals surface area contributed by atoms with Crippen LogP contribution in [0.1, 0.15) is 22.0 Å². The Hall–Kier alpha value is -2.73. The molecule has 6 heteroatoms. The van der Waals surface area contributed by atoms with Gasteiger partial charge >= 0.3 is 0 Å². The van der Waals surface area contributed by atoms with Crippen LogP contribution in [0, 0.1) is 0 Å². The van der Waals surface area contributed by atoms with Crippen LogP contribution in [0.15, 0.2) is 36.4 Å². The standard InChI is InChI=1S/C18H20O6/c1-21-16-7-5-12(8-18(16)23-3)15(20)11-24-14-6-4-13(10-19)17(9-14)22-2/h4-10,15,20H,11H2,1-3H3. The van der Waals surface area contributed by atoms with Crippen LogP contribution in [0.25, 0.3) is 0 Å². The predicted molar refractivity (Wildman–Crippen MR) is 88.4 cm³/mol. The van der Waals surface area contributed by atoms with Crippen LogP contribution in [0.2, 0.25) is 0 Å². The lowest BCUT2D eigenvalue weighted by atomic mass is 10.1. The van der Waals surface area contributed by atoms with Crippen LogP contribution in [0.3, 0.4) is 0 Å². The molecule has 2 rings (SSSR count). The van der Waals surface area contributed by atoms with Gasteiger partial charge in [0.05, 0.1) is 26.9 Å². The Morgan fingerprint density at radius 2 is 1.67 bits per heavy atom. The molecule has 0 saturated carbocycles. The number of aliphatic hydroxyl groups is 1. The zero-order valence-electron chi connectivity index (χ0n) is 13.8. The summed E-state index contributed by atoms with van der Waals surface area (Å²) < 4.78 is 21.1. The van der Waals surface area contributed by atoms with E-state index in [4.69, 9.17) is 18.9 Å². The summed E-state index contributed by atoms with van der Waals surface area (Å²) in [6.07, 6.45) is -0.136. The van der Waals surface area contributed by atoms with Gasteiger partial charge in [-0.1, -0.05) is 6.07 Å².